The van der Waals surface area contributed by atoms with Crippen LogP contribution < -0.4 is 15.5 Å². The number of anilines is 2. The number of rotatable bonds is 5. The highest BCUT2D eigenvalue weighted by atomic mass is 16.6. The van der Waals surface area contributed by atoms with Crippen molar-refractivity contribution in [1.82, 2.24) is 15.3 Å². The number of nitrogens with zero attached hydrogens (tertiary/aromatic N) is 3. The van der Waals surface area contributed by atoms with E-state index >= 15 is 0 Å². The quantitative estimate of drug-likeness (QED) is 0.820. The molecule has 2 aliphatic rings. The van der Waals surface area contributed by atoms with E-state index in [2.05, 4.69) is 15.5 Å². The summed E-state index contributed by atoms with van der Waals surface area (Å²) in [6.07, 6.45) is 4.06. The van der Waals surface area contributed by atoms with Gasteiger partial charge in [-0.25, -0.2) is 14.8 Å². The van der Waals surface area contributed by atoms with Crippen molar-refractivity contribution in [2.45, 2.75) is 64.1 Å². The lowest BCUT2D eigenvalue weighted by atomic mass is 10.2. The molecule has 7 heteroatoms. The van der Waals surface area contributed by atoms with Crippen molar-refractivity contribution in [2.24, 2.45) is 0 Å². The second kappa shape index (κ2) is 7.45. The molecule has 2 aromatic rings. The molecule has 0 bridgehead atoms. The Labute approximate surface area is 165 Å². The van der Waals surface area contributed by atoms with Gasteiger partial charge in [-0.1, -0.05) is 12.1 Å². The minimum absolute atomic E-state index is 0.183. The van der Waals surface area contributed by atoms with Crippen LogP contribution >= 0.6 is 0 Å². The van der Waals surface area contributed by atoms with E-state index in [-0.39, 0.29) is 12.1 Å². The number of carbonyl (C=O) groups excluding carboxylic acids is 1. The number of hydrogen-bond donors (Lipinski definition) is 2. The molecule has 1 aromatic heterocycles. The molecule has 0 spiro atoms. The van der Waals surface area contributed by atoms with Gasteiger partial charge in [-0.05, 0) is 58.6 Å². The lowest BCUT2D eigenvalue weighted by molar-refractivity contribution is 0.0525. The Balaban J connectivity index is 1.54. The van der Waals surface area contributed by atoms with Crippen molar-refractivity contribution in [2.75, 3.05) is 23.3 Å². The number of para-hydroxylation sites is 2. The number of carbonyl (C=O) groups is 1. The fourth-order valence-electron chi connectivity index (χ4n) is 3.55. The van der Waals surface area contributed by atoms with Crippen LogP contribution in [0, 0.1) is 0 Å². The van der Waals surface area contributed by atoms with E-state index in [0.717, 1.165) is 42.1 Å². The summed E-state index contributed by atoms with van der Waals surface area (Å²) >= 11 is 0. The van der Waals surface area contributed by atoms with E-state index in [1.165, 1.54) is 12.8 Å². The average Bonchev–Trinajstić information content (AvgIpc) is 3.32. The molecule has 7 nitrogen and oxygen atoms in total. The number of aromatic nitrogens is 2. The van der Waals surface area contributed by atoms with Crippen LogP contribution in [-0.4, -0.2) is 46.8 Å². The zero-order valence-electron chi connectivity index (χ0n) is 16.9. The zero-order chi connectivity index (χ0) is 19.7. The molecule has 1 amide bonds. The fraction of sp³-hybridized carbons (Fsp3) is 0.571. The van der Waals surface area contributed by atoms with Gasteiger partial charge in [0.05, 0.1) is 11.0 Å². The summed E-state index contributed by atoms with van der Waals surface area (Å²) in [5.74, 6) is 1.74. The van der Waals surface area contributed by atoms with Crippen LogP contribution in [0.15, 0.2) is 24.3 Å². The summed E-state index contributed by atoms with van der Waals surface area (Å²) in [7, 11) is 0. The van der Waals surface area contributed by atoms with Crippen LogP contribution in [0.1, 0.15) is 46.5 Å². The number of alkyl carbamates (subject to hydrolysis) is 1. The van der Waals surface area contributed by atoms with Crippen LogP contribution in [0.3, 0.4) is 0 Å². The first-order valence-corrected chi connectivity index (χ1v) is 10.2. The number of benzene rings is 1. The molecule has 2 heterocycles. The smallest absolute Gasteiger partial charge is 0.407 e. The Bertz CT molecular complexity index is 859. The second-order valence-electron chi connectivity index (χ2n) is 8.68. The molecule has 1 unspecified atom stereocenters. The van der Waals surface area contributed by atoms with Gasteiger partial charge in [-0.2, -0.15) is 0 Å². The summed E-state index contributed by atoms with van der Waals surface area (Å²) in [4.78, 5) is 24.1. The van der Waals surface area contributed by atoms with Crippen LogP contribution in [0.5, 0.6) is 0 Å². The third-order valence-corrected chi connectivity index (χ3v) is 5.00. The molecule has 2 N–H and O–H groups in total. The standard InChI is InChI=1S/C21H29N5O2/c1-21(2,3)28-20(27)22-13-15-7-6-12-26(15)19-18(23-14-10-11-14)24-16-8-4-5-9-17(16)25-19/h4-5,8-9,14-15H,6-7,10-13H2,1-3H3,(H,22,27)(H,23,24). The summed E-state index contributed by atoms with van der Waals surface area (Å²) < 4.78 is 5.37. The number of hydrogen-bond acceptors (Lipinski definition) is 6. The van der Waals surface area contributed by atoms with Gasteiger partial charge in [0.2, 0.25) is 0 Å². The number of fused-ring (bicyclic) bond motifs is 1. The van der Waals surface area contributed by atoms with E-state index in [9.17, 15) is 4.79 Å². The molecule has 1 aliphatic carbocycles. The maximum Gasteiger partial charge on any atom is 0.407 e. The molecular weight excluding hydrogens is 354 g/mol. The fourth-order valence-corrected chi connectivity index (χ4v) is 3.55. The van der Waals surface area contributed by atoms with Gasteiger partial charge < -0.3 is 20.3 Å². The van der Waals surface area contributed by atoms with Gasteiger partial charge in [0.15, 0.2) is 11.6 Å². The van der Waals surface area contributed by atoms with Gasteiger partial charge in [-0.3, -0.25) is 0 Å². The Morgan fingerprint density at radius 3 is 2.57 bits per heavy atom. The van der Waals surface area contributed by atoms with E-state index in [0.29, 0.717) is 12.6 Å². The summed E-state index contributed by atoms with van der Waals surface area (Å²) in [6, 6.07) is 8.64. The second-order valence-corrected chi connectivity index (χ2v) is 8.68. The third-order valence-electron chi connectivity index (χ3n) is 5.00. The van der Waals surface area contributed by atoms with Crippen molar-refractivity contribution in [3.05, 3.63) is 24.3 Å². The van der Waals surface area contributed by atoms with Crippen molar-refractivity contribution >= 4 is 28.8 Å². The minimum atomic E-state index is -0.495. The van der Waals surface area contributed by atoms with Gasteiger partial charge in [0.1, 0.15) is 5.60 Å². The van der Waals surface area contributed by atoms with E-state index in [4.69, 9.17) is 14.7 Å². The summed E-state index contributed by atoms with van der Waals surface area (Å²) in [5.41, 5.74) is 1.30. The number of nitrogens with one attached hydrogen (secondary N) is 2. The van der Waals surface area contributed by atoms with E-state index < -0.39 is 5.60 Å². The highest BCUT2D eigenvalue weighted by molar-refractivity contribution is 5.81. The highest BCUT2D eigenvalue weighted by Crippen LogP contribution is 2.34. The van der Waals surface area contributed by atoms with Crippen molar-refractivity contribution < 1.29 is 9.53 Å². The van der Waals surface area contributed by atoms with Crippen LogP contribution in [0.25, 0.3) is 11.0 Å². The SMILES string of the molecule is CC(C)(C)OC(=O)NCC1CCCN1c1nc2ccccc2nc1NC1CC1. The Morgan fingerprint density at radius 2 is 1.89 bits per heavy atom. The van der Waals surface area contributed by atoms with Crippen molar-refractivity contribution in [3.63, 3.8) is 0 Å². The Hall–Kier alpha value is -2.57. The summed E-state index contributed by atoms with van der Waals surface area (Å²) in [5, 5.41) is 6.46. The van der Waals surface area contributed by atoms with Crippen LogP contribution in [0.4, 0.5) is 16.4 Å². The molecule has 28 heavy (non-hydrogen) atoms. The van der Waals surface area contributed by atoms with Gasteiger partial charge in [0, 0.05) is 25.2 Å². The largest absolute Gasteiger partial charge is 0.444 e. The van der Waals surface area contributed by atoms with Gasteiger partial charge in [-0.15, -0.1) is 0 Å². The molecule has 1 atom stereocenters. The number of ether oxygens (including phenoxy) is 1. The lowest BCUT2D eigenvalue weighted by Crippen LogP contribution is -2.42. The molecule has 150 valence electrons. The first-order chi connectivity index (χ1) is 13.4. The third kappa shape index (κ3) is 4.46. The zero-order valence-corrected chi connectivity index (χ0v) is 16.9. The minimum Gasteiger partial charge on any atom is -0.444 e. The first-order valence-electron chi connectivity index (χ1n) is 10.2. The molecule has 1 aliphatic heterocycles. The maximum absolute atomic E-state index is 12.1. The predicted octanol–water partition coefficient (Wildman–Crippen LogP) is 3.70. The van der Waals surface area contributed by atoms with E-state index in [1.807, 2.05) is 45.0 Å². The van der Waals surface area contributed by atoms with Crippen molar-refractivity contribution in [1.29, 1.82) is 0 Å². The molecule has 1 aromatic carbocycles. The normalized spacial score (nSPS) is 19.7. The lowest BCUT2D eigenvalue weighted by Gasteiger charge is -2.28. The first kappa shape index (κ1) is 18.8. The van der Waals surface area contributed by atoms with Gasteiger partial charge in [0.25, 0.3) is 0 Å². The monoisotopic (exact) mass is 383 g/mol. The number of amides is 1. The molecule has 4 rings (SSSR count). The molecule has 2 fully saturated rings. The van der Waals surface area contributed by atoms with Crippen molar-refractivity contribution in [3.8, 4) is 0 Å². The maximum atomic E-state index is 12.1. The average molecular weight is 383 g/mol. The Morgan fingerprint density at radius 1 is 1.18 bits per heavy atom. The topological polar surface area (TPSA) is 79.4 Å². The van der Waals surface area contributed by atoms with Gasteiger partial charge >= 0.3 is 6.09 Å². The van der Waals surface area contributed by atoms with Crippen LogP contribution in [0.2, 0.25) is 0 Å². The highest BCUT2D eigenvalue weighted by Gasteiger charge is 2.31. The predicted molar refractivity (Wildman–Crippen MR) is 111 cm³/mol. The molecular formula is C21H29N5O2. The molecule has 1 saturated heterocycles. The van der Waals surface area contributed by atoms with Crippen LogP contribution in [-0.2, 0) is 4.74 Å². The molecule has 0 radical (unpaired) electrons. The van der Waals surface area contributed by atoms with E-state index in [1.54, 1.807) is 0 Å². The summed E-state index contributed by atoms with van der Waals surface area (Å²) in [6.45, 7) is 7.05. The molecule has 1 saturated carbocycles. The Kier molecular flexibility index (Phi) is 5.00.